The molecule has 0 atom stereocenters. The summed E-state index contributed by atoms with van der Waals surface area (Å²) in [7, 11) is 0. The number of alkyl halides is 2. The van der Waals surface area contributed by atoms with Crippen LogP contribution in [0, 0.1) is 0 Å². The molecular weight excluding hydrogens is 292 g/mol. The normalized spacial score (nSPS) is 15.8. The minimum atomic E-state index is -2.81. The average molecular weight is 313 g/mol. The molecule has 122 valence electrons. The topological polar surface area (TPSA) is 53.6 Å². The highest BCUT2D eigenvalue weighted by Gasteiger charge is 2.12. The quantitative estimate of drug-likeness (QED) is 0.784. The van der Waals surface area contributed by atoms with Gasteiger partial charge in [0.1, 0.15) is 5.75 Å². The van der Waals surface area contributed by atoms with Gasteiger partial charge in [-0.05, 0) is 24.1 Å². The van der Waals surface area contributed by atoms with Crippen LogP contribution in [0.5, 0.6) is 5.75 Å². The highest BCUT2D eigenvalue weighted by atomic mass is 19.3. The van der Waals surface area contributed by atoms with Crippen molar-refractivity contribution < 1.29 is 18.3 Å². The van der Waals surface area contributed by atoms with Crippen LogP contribution in [-0.2, 0) is 11.2 Å². The van der Waals surface area contributed by atoms with E-state index in [2.05, 4.69) is 20.3 Å². The van der Waals surface area contributed by atoms with Gasteiger partial charge in [0.2, 0.25) is 5.91 Å². The molecule has 0 radical (unpaired) electrons. The average Bonchev–Trinajstić information content (AvgIpc) is 2.49. The van der Waals surface area contributed by atoms with Gasteiger partial charge < -0.3 is 15.4 Å². The first-order valence-corrected chi connectivity index (χ1v) is 7.37. The van der Waals surface area contributed by atoms with Crippen LogP contribution < -0.4 is 15.4 Å². The summed E-state index contributed by atoms with van der Waals surface area (Å²) in [4.78, 5) is 13.9. The number of rotatable bonds is 7. The van der Waals surface area contributed by atoms with Crippen LogP contribution in [0.4, 0.5) is 8.78 Å². The Morgan fingerprint density at radius 2 is 1.95 bits per heavy atom. The van der Waals surface area contributed by atoms with Crippen LogP contribution in [0.15, 0.2) is 24.3 Å². The summed E-state index contributed by atoms with van der Waals surface area (Å²) in [5.74, 6) is 0.154. The Labute approximate surface area is 128 Å². The van der Waals surface area contributed by atoms with Crippen molar-refractivity contribution in [1.82, 2.24) is 15.5 Å². The van der Waals surface area contributed by atoms with Crippen LogP contribution in [0.1, 0.15) is 5.56 Å². The van der Waals surface area contributed by atoms with Gasteiger partial charge in [0.15, 0.2) is 0 Å². The van der Waals surface area contributed by atoms with Gasteiger partial charge in [0, 0.05) is 32.7 Å². The van der Waals surface area contributed by atoms with Gasteiger partial charge >= 0.3 is 6.61 Å². The fourth-order valence-corrected chi connectivity index (χ4v) is 2.31. The van der Waals surface area contributed by atoms with Gasteiger partial charge in [-0.1, -0.05) is 12.1 Å². The molecule has 1 saturated heterocycles. The second kappa shape index (κ2) is 8.65. The van der Waals surface area contributed by atoms with E-state index < -0.39 is 6.61 Å². The predicted octanol–water partition coefficient (Wildman–Crippen LogP) is 0.852. The largest absolute Gasteiger partial charge is 0.435 e. The third-order valence-corrected chi connectivity index (χ3v) is 3.46. The molecule has 1 fully saturated rings. The number of halogens is 2. The Balaban J connectivity index is 1.66. The Morgan fingerprint density at radius 3 is 2.59 bits per heavy atom. The molecule has 0 spiro atoms. The van der Waals surface area contributed by atoms with Crippen molar-refractivity contribution in [2.24, 2.45) is 0 Å². The zero-order valence-electron chi connectivity index (χ0n) is 12.4. The number of hydrogen-bond donors (Lipinski definition) is 2. The first-order valence-electron chi connectivity index (χ1n) is 7.37. The molecule has 1 heterocycles. The number of nitrogens with one attached hydrogen (secondary N) is 2. The van der Waals surface area contributed by atoms with Gasteiger partial charge in [-0.25, -0.2) is 0 Å². The molecule has 0 bridgehead atoms. The van der Waals surface area contributed by atoms with E-state index in [1.165, 1.54) is 12.1 Å². The summed E-state index contributed by atoms with van der Waals surface area (Å²) in [6.07, 6.45) is 0.655. The molecule has 1 aromatic carbocycles. The van der Waals surface area contributed by atoms with Crippen LogP contribution in [0.25, 0.3) is 0 Å². The highest BCUT2D eigenvalue weighted by molar-refractivity contribution is 5.78. The van der Waals surface area contributed by atoms with Crippen molar-refractivity contribution in [3.8, 4) is 5.75 Å². The van der Waals surface area contributed by atoms with Gasteiger partial charge in [-0.3, -0.25) is 9.69 Å². The molecule has 1 amide bonds. The fraction of sp³-hybridized carbons (Fsp3) is 0.533. The van der Waals surface area contributed by atoms with E-state index in [0.717, 1.165) is 31.7 Å². The smallest absolute Gasteiger partial charge is 0.387 e. The molecule has 2 rings (SSSR count). The van der Waals surface area contributed by atoms with Crippen molar-refractivity contribution in [1.29, 1.82) is 0 Å². The minimum Gasteiger partial charge on any atom is -0.435 e. The summed E-state index contributed by atoms with van der Waals surface area (Å²) < 4.78 is 28.3. The molecule has 1 aromatic rings. The van der Waals surface area contributed by atoms with Crippen LogP contribution in [0.3, 0.4) is 0 Å². The molecule has 1 aliphatic rings. The molecule has 0 aliphatic carbocycles. The number of amides is 1. The Bertz CT molecular complexity index is 462. The van der Waals surface area contributed by atoms with Gasteiger partial charge in [-0.15, -0.1) is 0 Å². The number of carbonyl (C=O) groups is 1. The molecule has 1 aliphatic heterocycles. The van der Waals surface area contributed by atoms with Crippen LogP contribution in [-0.4, -0.2) is 56.7 Å². The third kappa shape index (κ3) is 5.95. The first kappa shape index (κ1) is 16.6. The molecular formula is C15H21F2N3O2. The van der Waals surface area contributed by atoms with Gasteiger partial charge in [0.05, 0.1) is 6.54 Å². The van der Waals surface area contributed by atoms with Crippen LogP contribution in [0.2, 0.25) is 0 Å². The Hall–Kier alpha value is -1.73. The van der Waals surface area contributed by atoms with E-state index in [-0.39, 0.29) is 11.7 Å². The van der Waals surface area contributed by atoms with E-state index in [4.69, 9.17) is 0 Å². The van der Waals surface area contributed by atoms with Crippen molar-refractivity contribution in [2.75, 3.05) is 39.3 Å². The predicted molar refractivity (Wildman–Crippen MR) is 79.1 cm³/mol. The lowest BCUT2D eigenvalue weighted by atomic mass is 10.1. The van der Waals surface area contributed by atoms with Crippen LogP contribution >= 0.6 is 0 Å². The van der Waals surface area contributed by atoms with Crippen molar-refractivity contribution in [3.63, 3.8) is 0 Å². The number of carbonyl (C=O) groups excluding carboxylic acids is 1. The standard InChI is InChI=1S/C15H21F2N3O2/c16-15(17)22-13-3-1-12(2-4-13)5-6-19-14(21)11-20-9-7-18-8-10-20/h1-4,15,18H,5-11H2,(H,19,21). The molecule has 22 heavy (non-hydrogen) atoms. The molecule has 0 saturated carbocycles. The molecule has 2 N–H and O–H groups in total. The molecule has 0 unspecified atom stereocenters. The fourth-order valence-electron chi connectivity index (χ4n) is 2.31. The van der Waals surface area contributed by atoms with Gasteiger partial charge in [-0.2, -0.15) is 8.78 Å². The Kier molecular flexibility index (Phi) is 6.54. The lowest BCUT2D eigenvalue weighted by Gasteiger charge is -2.26. The molecule has 7 heteroatoms. The maximum atomic E-state index is 12.0. The summed E-state index contributed by atoms with van der Waals surface area (Å²) in [6, 6.07) is 6.45. The Morgan fingerprint density at radius 1 is 1.27 bits per heavy atom. The lowest BCUT2D eigenvalue weighted by Crippen LogP contribution is -2.47. The zero-order valence-corrected chi connectivity index (χ0v) is 12.4. The number of benzene rings is 1. The molecule has 5 nitrogen and oxygen atoms in total. The highest BCUT2D eigenvalue weighted by Crippen LogP contribution is 2.14. The van der Waals surface area contributed by atoms with E-state index in [1.807, 2.05) is 0 Å². The number of ether oxygens (including phenoxy) is 1. The van der Waals surface area contributed by atoms with Crippen molar-refractivity contribution in [3.05, 3.63) is 29.8 Å². The molecule has 0 aromatic heterocycles. The third-order valence-electron chi connectivity index (χ3n) is 3.46. The number of hydrogen-bond acceptors (Lipinski definition) is 4. The summed E-state index contributed by atoms with van der Waals surface area (Å²) in [6.45, 7) is 1.75. The SMILES string of the molecule is O=C(CN1CCNCC1)NCCc1ccc(OC(F)F)cc1. The lowest BCUT2D eigenvalue weighted by molar-refractivity contribution is -0.122. The number of nitrogens with zero attached hydrogens (tertiary/aromatic N) is 1. The van der Waals surface area contributed by atoms with E-state index >= 15 is 0 Å². The second-order valence-electron chi connectivity index (χ2n) is 5.15. The minimum absolute atomic E-state index is 0.0135. The summed E-state index contributed by atoms with van der Waals surface area (Å²) in [5.41, 5.74) is 0.962. The van der Waals surface area contributed by atoms with E-state index in [9.17, 15) is 13.6 Å². The summed E-state index contributed by atoms with van der Waals surface area (Å²) >= 11 is 0. The first-order chi connectivity index (χ1) is 10.6. The summed E-state index contributed by atoms with van der Waals surface area (Å²) in [5, 5.41) is 6.11. The van der Waals surface area contributed by atoms with E-state index in [1.54, 1.807) is 12.1 Å². The monoisotopic (exact) mass is 313 g/mol. The van der Waals surface area contributed by atoms with E-state index in [0.29, 0.717) is 19.5 Å². The second-order valence-corrected chi connectivity index (χ2v) is 5.15. The zero-order chi connectivity index (χ0) is 15.8. The van der Waals surface area contributed by atoms with Crippen molar-refractivity contribution in [2.45, 2.75) is 13.0 Å². The van der Waals surface area contributed by atoms with Gasteiger partial charge in [0.25, 0.3) is 0 Å². The number of piperazine rings is 1. The van der Waals surface area contributed by atoms with Crippen molar-refractivity contribution >= 4 is 5.91 Å². The maximum Gasteiger partial charge on any atom is 0.387 e. The maximum absolute atomic E-state index is 12.0.